The highest BCUT2D eigenvalue weighted by Gasteiger charge is 2.28. The van der Waals surface area contributed by atoms with Gasteiger partial charge in [0.25, 0.3) is 5.91 Å². The Hall–Kier alpha value is -2.05. The molecule has 0 bridgehead atoms. The van der Waals surface area contributed by atoms with Gasteiger partial charge in [-0.2, -0.15) is 0 Å². The molecule has 0 fully saturated rings. The Morgan fingerprint density at radius 2 is 1.81 bits per heavy atom. The average molecular weight is 524 g/mol. The van der Waals surface area contributed by atoms with E-state index in [1.54, 1.807) is 19.1 Å². The van der Waals surface area contributed by atoms with Gasteiger partial charge in [-0.25, -0.2) is 0 Å². The Balaban J connectivity index is 2.20. The molecule has 2 rings (SSSR count). The Bertz CT molecular complexity index is 956. The van der Waals surface area contributed by atoms with Crippen molar-refractivity contribution in [1.82, 2.24) is 10.2 Å². The van der Waals surface area contributed by atoms with Crippen molar-refractivity contribution in [2.24, 2.45) is 0 Å². The van der Waals surface area contributed by atoms with Crippen LogP contribution in [-0.4, -0.2) is 34.9 Å². The predicted molar refractivity (Wildman–Crippen MR) is 133 cm³/mol. The zero-order valence-electron chi connectivity index (χ0n) is 19.5. The zero-order chi connectivity index (χ0) is 24.1. The third-order valence-electron chi connectivity index (χ3n) is 4.88. The number of halogens is 2. The van der Waals surface area contributed by atoms with Crippen molar-refractivity contribution < 1.29 is 14.3 Å². The molecule has 0 spiro atoms. The maximum atomic E-state index is 13.2. The minimum atomic E-state index is -0.684. The molecule has 0 unspecified atom stereocenters. The van der Waals surface area contributed by atoms with Crippen molar-refractivity contribution >= 4 is 39.3 Å². The van der Waals surface area contributed by atoms with Gasteiger partial charge >= 0.3 is 0 Å². The largest absolute Gasteiger partial charge is 0.483 e. The van der Waals surface area contributed by atoms with E-state index in [-0.39, 0.29) is 25.0 Å². The van der Waals surface area contributed by atoms with E-state index in [1.807, 2.05) is 51.1 Å². The van der Waals surface area contributed by atoms with Crippen molar-refractivity contribution in [2.45, 2.75) is 65.6 Å². The van der Waals surface area contributed by atoms with Crippen LogP contribution in [0.1, 0.15) is 58.6 Å². The summed E-state index contributed by atoms with van der Waals surface area (Å²) in [6.07, 6.45) is 0. The summed E-state index contributed by atoms with van der Waals surface area (Å²) in [6.45, 7) is 11.7. The number of ether oxygens (including phenoxy) is 1. The van der Waals surface area contributed by atoms with Gasteiger partial charge in [-0.1, -0.05) is 43.6 Å². The molecule has 2 amide bonds. The van der Waals surface area contributed by atoms with Crippen molar-refractivity contribution in [3.8, 4) is 5.75 Å². The summed E-state index contributed by atoms with van der Waals surface area (Å²) in [4.78, 5) is 27.5. The van der Waals surface area contributed by atoms with E-state index in [2.05, 4.69) is 35.1 Å². The topological polar surface area (TPSA) is 58.6 Å². The maximum Gasteiger partial charge on any atom is 0.261 e. The summed E-state index contributed by atoms with van der Waals surface area (Å²) < 4.78 is 6.60. The lowest BCUT2D eigenvalue weighted by Crippen LogP contribution is -2.53. The molecule has 5 nitrogen and oxygen atoms in total. The number of hydrogen-bond donors (Lipinski definition) is 1. The molecular formula is C25H32BrClN2O3. The summed E-state index contributed by atoms with van der Waals surface area (Å²) in [5, 5.41) is 3.52. The minimum absolute atomic E-state index is 0.187. The van der Waals surface area contributed by atoms with Crippen LogP contribution in [0.25, 0.3) is 0 Å². The number of rotatable bonds is 8. The lowest BCUT2D eigenvalue weighted by molar-refractivity contribution is -0.142. The first-order valence-corrected chi connectivity index (χ1v) is 11.8. The molecular weight excluding hydrogens is 492 g/mol. The van der Waals surface area contributed by atoms with E-state index >= 15 is 0 Å². The van der Waals surface area contributed by atoms with Gasteiger partial charge in [-0.15, -0.1) is 0 Å². The molecule has 0 aliphatic rings. The fourth-order valence-electron chi connectivity index (χ4n) is 3.10. The Kier molecular flexibility index (Phi) is 9.17. The first kappa shape index (κ1) is 26.2. The highest BCUT2D eigenvalue weighted by Crippen LogP contribution is 2.29. The molecule has 0 aliphatic carbocycles. The second-order valence-electron chi connectivity index (χ2n) is 9.20. The Morgan fingerprint density at radius 3 is 2.38 bits per heavy atom. The summed E-state index contributed by atoms with van der Waals surface area (Å²) in [5.74, 6) is 0.450. The normalized spacial score (nSPS) is 12.4. The number of nitrogens with one attached hydrogen (secondary N) is 1. The molecule has 7 heteroatoms. The van der Waals surface area contributed by atoms with E-state index in [0.717, 1.165) is 10.0 Å². The van der Waals surface area contributed by atoms with Crippen molar-refractivity contribution in [1.29, 1.82) is 0 Å². The third-order valence-corrected chi connectivity index (χ3v) is 5.74. The van der Waals surface area contributed by atoms with E-state index in [1.165, 1.54) is 10.5 Å². The van der Waals surface area contributed by atoms with Gasteiger partial charge < -0.3 is 15.0 Å². The van der Waals surface area contributed by atoms with Crippen LogP contribution in [0.4, 0.5) is 0 Å². The predicted octanol–water partition coefficient (Wildman–Crippen LogP) is 5.94. The molecule has 1 N–H and O–H groups in total. The first-order chi connectivity index (χ1) is 14.9. The number of benzene rings is 2. The number of carbonyl (C=O) groups is 2. The van der Waals surface area contributed by atoms with E-state index in [9.17, 15) is 9.59 Å². The molecule has 1 atom stereocenters. The van der Waals surface area contributed by atoms with Crippen molar-refractivity contribution in [2.75, 3.05) is 6.61 Å². The van der Waals surface area contributed by atoms with Crippen LogP contribution >= 0.6 is 27.5 Å². The third kappa shape index (κ3) is 7.82. The van der Waals surface area contributed by atoms with Crippen LogP contribution < -0.4 is 10.1 Å². The zero-order valence-corrected chi connectivity index (χ0v) is 21.9. The Labute approximate surface area is 204 Å². The van der Waals surface area contributed by atoms with Gasteiger partial charge in [0.15, 0.2) is 6.61 Å². The van der Waals surface area contributed by atoms with Crippen LogP contribution in [0.5, 0.6) is 5.75 Å². The summed E-state index contributed by atoms with van der Waals surface area (Å²) in [5.41, 5.74) is 1.60. The SMILES string of the molecule is CC(C)c1ccc(OCC(=O)N(Cc2cccc(Cl)c2)[C@H](C)C(=O)NC(C)(C)C)c(Br)c1. The van der Waals surface area contributed by atoms with Crippen LogP contribution in [0.3, 0.4) is 0 Å². The van der Waals surface area contributed by atoms with Gasteiger partial charge in [-0.05, 0) is 84.9 Å². The number of amides is 2. The second-order valence-corrected chi connectivity index (χ2v) is 10.5. The fraction of sp³-hybridized carbons (Fsp3) is 0.440. The standard InChI is InChI=1S/C25H32BrClN2O3/c1-16(2)19-10-11-22(21(26)13-19)32-15-23(30)29(14-18-8-7-9-20(27)12-18)17(3)24(31)28-25(4,5)6/h7-13,16-17H,14-15H2,1-6H3,(H,28,31)/t17-/m1/s1. The summed E-state index contributed by atoms with van der Waals surface area (Å²) >= 11 is 9.64. The minimum Gasteiger partial charge on any atom is -0.483 e. The van der Waals surface area contributed by atoms with Gasteiger partial charge in [0.1, 0.15) is 11.8 Å². The van der Waals surface area contributed by atoms with Gasteiger partial charge in [0.05, 0.1) is 4.47 Å². The number of nitrogens with zero attached hydrogens (tertiary/aromatic N) is 1. The highest BCUT2D eigenvalue weighted by molar-refractivity contribution is 9.10. The van der Waals surface area contributed by atoms with E-state index < -0.39 is 11.6 Å². The molecule has 0 aromatic heterocycles. The van der Waals surface area contributed by atoms with E-state index in [4.69, 9.17) is 16.3 Å². The van der Waals surface area contributed by atoms with Crippen LogP contribution in [0.2, 0.25) is 5.02 Å². The number of carbonyl (C=O) groups excluding carboxylic acids is 2. The lowest BCUT2D eigenvalue weighted by atomic mass is 10.0. The van der Waals surface area contributed by atoms with Crippen molar-refractivity contribution in [3.63, 3.8) is 0 Å². The molecule has 0 saturated heterocycles. The van der Waals surface area contributed by atoms with Crippen molar-refractivity contribution in [3.05, 3.63) is 63.1 Å². The molecule has 0 aliphatic heterocycles. The average Bonchev–Trinajstić information content (AvgIpc) is 2.69. The van der Waals surface area contributed by atoms with Gasteiger partial charge in [0, 0.05) is 17.1 Å². The Morgan fingerprint density at radius 1 is 1.12 bits per heavy atom. The monoisotopic (exact) mass is 522 g/mol. The molecule has 2 aromatic carbocycles. The van der Waals surface area contributed by atoms with Crippen LogP contribution in [0.15, 0.2) is 46.9 Å². The molecule has 0 radical (unpaired) electrons. The van der Waals surface area contributed by atoms with Gasteiger partial charge in [0.2, 0.25) is 5.91 Å². The number of hydrogen-bond acceptors (Lipinski definition) is 3. The molecule has 0 saturated carbocycles. The summed E-state index contributed by atoms with van der Waals surface area (Å²) in [6, 6.07) is 12.4. The molecule has 0 heterocycles. The second kappa shape index (κ2) is 11.2. The quantitative estimate of drug-likeness (QED) is 0.466. The first-order valence-electron chi connectivity index (χ1n) is 10.7. The van der Waals surface area contributed by atoms with Crippen LogP contribution in [-0.2, 0) is 16.1 Å². The highest BCUT2D eigenvalue weighted by atomic mass is 79.9. The molecule has 2 aromatic rings. The summed E-state index contributed by atoms with van der Waals surface area (Å²) in [7, 11) is 0. The molecule has 32 heavy (non-hydrogen) atoms. The van der Waals surface area contributed by atoms with Gasteiger partial charge in [-0.3, -0.25) is 9.59 Å². The van der Waals surface area contributed by atoms with E-state index in [0.29, 0.717) is 16.7 Å². The molecule has 174 valence electrons. The lowest BCUT2D eigenvalue weighted by Gasteiger charge is -2.31. The fourth-order valence-corrected chi connectivity index (χ4v) is 3.83. The smallest absolute Gasteiger partial charge is 0.261 e. The van der Waals surface area contributed by atoms with Crippen LogP contribution in [0, 0.1) is 0 Å². The maximum absolute atomic E-state index is 13.2.